The van der Waals surface area contributed by atoms with Gasteiger partial charge in [-0.2, -0.15) is 0 Å². The number of carboxylic acids is 1. The van der Waals surface area contributed by atoms with Gasteiger partial charge in [0.25, 0.3) is 0 Å². The van der Waals surface area contributed by atoms with Gasteiger partial charge in [-0.3, -0.25) is 9.59 Å². The van der Waals surface area contributed by atoms with E-state index in [4.69, 9.17) is 15.6 Å². The molecule has 0 aliphatic carbocycles. The third-order valence-electron chi connectivity index (χ3n) is 2.27. The highest BCUT2D eigenvalue weighted by atomic mass is 16.5. The number of ether oxygens (including phenoxy) is 1. The molecule has 0 fully saturated rings. The molecule has 0 aromatic carbocycles. The standard InChI is InChI=1S/C11H21N3O5/c1-2-3-8(10(16)17)6-14-11(18)13-4-5-19-7-9(12)15/h8H,2-7H2,1H3,(H2,12,15)(H,16,17)(H2,13,14,18). The summed E-state index contributed by atoms with van der Waals surface area (Å²) in [6.45, 7) is 2.14. The normalized spacial score (nSPS) is 11.6. The molecule has 1 unspecified atom stereocenters. The van der Waals surface area contributed by atoms with E-state index in [9.17, 15) is 14.4 Å². The van der Waals surface area contributed by atoms with Crippen LogP contribution in [0.5, 0.6) is 0 Å². The number of primary amides is 1. The number of nitrogens with one attached hydrogen (secondary N) is 2. The third kappa shape index (κ3) is 9.83. The molecular weight excluding hydrogens is 254 g/mol. The minimum absolute atomic E-state index is 0.0805. The number of carbonyl (C=O) groups excluding carboxylic acids is 2. The molecule has 0 saturated heterocycles. The van der Waals surface area contributed by atoms with E-state index < -0.39 is 23.8 Å². The van der Waals surface area contributed by atoms with Crippen molar-refractivity contribution in [3.05, 3.63) is 0 Å². The predicted molar refractivity (Wildman–Crippen MR) is 67.4 cm³/mol. The van der Waals surface area contributed by atoms with Crippen LogP contribution in [0, 0.1) is 5.92 Å². The number of rotatable bonds is 10. The summed E-state index contributed by atoms with van der Waals surface area (Å²) in [4.78, 5) is 32.5. The van der Waals surface area contributed by atoms with Crippen molar-refractivity contribution >= 4 is 17.9 Å². The lowest BCUT2D eigenvalue weighted by atomic mass is 10.0. The average Bonchev–Trinajstić information content (AvgIpc) is 2.33. The van der Waals surface area contributed by atoms with Gasteiger partial charge in [-0.15, -0.1) is 0 Å². The van der Waals surface area contributed by atoms with Gasteiger partial charge in [0.15, 0.2) is 0 Å². The molecule has 0 bridgehead atoms. The lowest BCUT2D eigenvalue weighted by Crippen LogP contribution is -2.41. The molecule has 1 atom stereocenters. The summed E-state index contributed by atoms with van der Waals surface area (Å²) in [7, 11) is 0. The minimum Gasteiger partial charge on any atom is -0.481 e. The van der Waals surface area contributed by atoms with Crippen LogP contribution in [0.3, 0.4) is 0 Å². The van der Waals surface area contributed by atoms with E-state index in [1.807, 2.05) is 6.92 Å². The molecule has 3 amide bonds. The molecule has 0 heterocycles. The van der Waals surface area contributed by atoms with Gasteiger partial charge < -0.3 is 26.2 Å². The van der Waals surface area contributed by atoms with Crippen LogP contribution in [0.1, 0.15) is 19.8 Å². The Kier molecular flexibility index (Phi) is 9.15. The van der Waals surface area contributed by atoms with Crippen LogP contribution < -0.4 is 16.4 Å². The fraction of sp³-hybridized carbons (Fsp3) is 0.727. The Labute approximate surface area is 111 Å². The van der Waals surface area contributed by atoms with Gasteiger partial charge in [-0.05, 0) is 6.42 Å². The predicted octanol–water partition coefficient (Wildman–Crippen LogP) is -0.712. The summed E-state index contributed by atoms with van der Waals surface area (Å²) in [5.74, 6) is -2.08. The van der Waals surface area contributed by atoms with Gasteiger partial charge in [0.05, 0.1) is 12.5 Å². The first-order valence-corrected chi connectivity index (χ1v) is 6.07. The van der Waals surface area contributed by atoms with Crippen molar-refractivity contribution in [1.82, 2.24) is 10.6 Å². The van der Waals surface area contributed by atoms with Crippen LogP contribution in [0.25, 0.3) is 0 Å². The van der Waals surface area contributed by atoms with E-state index in [1.165, 1.54) is 0 Å². The monoisotopic (exact) mass is 275 g/mol. The van der Waals surface area contributed by atoms with Gasteiger partial charge in [-0.25, -0.2) is 4.79 Å². The topological polar surface area (TPSA) is 131 Å². The van der Waals surface area contributed by atoms with Crippen LogP contribution in [-0.4, -0.2) is 49.3 Å². The highest BCUT2D eigenvalue weighted by molar-refractivity contribution is 5.76. The van der Waals surface area contributed by atoms with E-state index in [2.05, 4.69) is 10.6 Å². The number of carbonyl (C=O) groups is 3. The van der Waals surface area contributed by atoms with Gasteiger partial charge >= 0.3 is 12.0 Å². The zero-order valence-electron chi connectivity index (χ0n) is 11.0. The summed E-state index contributed by atoms with van der Waals surface area (Å²) < 4.78 is 4.84. The van der Waals surface area contributed by atoms with E-state index in [0.29, 0.717) is 6.42 Å². The molecule has 19 heavy (non-hydrogen) atoms. The van der Waals surface area contributed by atoms with Crippen molar-refractivity contribution in [2.45, 2.75) is 19.8 Å². The number of nitrogens with two attached hydrogens (primary N) is 1. The fourth-order valence-corrected chi connectivity index (χ4v) is 1.35. The van der Waals surface area contributed by atoms with Crippen molar-refractivity contribution in [1.29, 1.82) is 0 Å². The van der Waals surface area contributed by atoms with Gasteiger partial charge in [0, 0.05) is 13.1 Å². The Morgan fingerprint density at radius 1 is 1.32 bits per heavy atom. The molecule has 110 valence electrons. The molecular formula is C11H21N3O5. The average molecular weight is 275 g/mol. The maximum Gasteiger partial charge on any atom is 0.314 e. The number of aliphatic carboxylic acids is 1. The van der Waals surface area contributed by atoms with E-state index in [-0.39, 0.29) is 26.3 Å². The smallest absolute Gasteiger partial charge is 0.314 e. The third-order valence-corrected chi connectivity index (χ3v) is 2.27. The van der Waals surface area contributed by atoms with Gasteiger partial charge in [0.1, 0.15) is 6.61 Å². The van der Waals surface area contributed by atoms with E-state index in [0.717, 1.165) is 6.42 Å². The number of urea groups is 1. The van der Waals surface area contributed by atoms with Crippen molar-refractivity contribution in [2.24, 2.45) is 11.7 Å². The molecule has 0 aliphatic heterocycles. The molecule has 0 aliphatic rings. The van der Waals surface area contributed by atoms with Crippen LogP contribution >= 0.6 is 0 Å². The molecule has 0 rings (SSSR count). The highest BCUT2D eigenvalue weighted by Gasteiger charge is 2.16. The Balaban J connectivity index is 3.68. The van der Waals surface area contributed by atoms with Crippen molar-refractivity contribution in [3.8, 4) is 0 Å². The first kappa shape index (κ1) is 17.2. The lowest BCUT2D eigenvalue weighted by Gasteiger charge is -2.13. The maximum atomic E-state index is 11.3. The molecule has 8 nitrogen and oxygen atoms in total. The lowest BCUT2D eigenvalue weighted by molar-refractivity contribution is -0.141. The molecule has 8 heteroatoms. The van der Waals surface area contributed by atoms with Crippen LogP contribution in [0.15, 0.2) is 0 Å². The van der Waals surface area contributed by atoms with Crippen LogP contribution in [-0.2, 0) is 14.3 Å². The van der Waals surface area contributed by atoms with Gasteiger partial charge in [0.2, 0.25) is 5.91 Å². The summed E-state index contributed by atoms with van der Waals surface area (Å²) in [6, 6.07) is -0.468. The zero-order valence-corrected chi connectivity index (χ0v) is 11.0. The Morgan fingerprint density at radius 3 is 2.53 bits per heavy atom. The highest BCUT2D eigenvalue weighted by Crippen LogP contribution is 2.04. The number of amides is 3. The Bertz CT molecular complexity index is 309. The van der Waals surface area contributed by atoms with Crippen molar-refractivity contribution in [3.63, 3.8) is 0 Å². The molecule has 0 aromatic heterocycles. The zero-order chi connectivity index (χ0) is 14.7. The largest absolute Gasteiger partial charge is 0.481 e. The molecule has 0 aromatic rings. The van der Waals surface area contributed by atoms with E-state index >= 15 is 0 Å². The summed E-state index contributed by atoms with van der Waals surface area (Å²) >= 11 is 0. The second kappa shape index (κ2) is 10.1. The summed E-state index contributed by atoms with van der Waals surface area (Å²) in [5.41, 5.74) is 4.85. The number of hydrogen-bond donors (Lipinski definition) is 4. The number of hydrogen-bond acceptors (Lipinski definition) is 4. The maximum absolute atomic E-state index is 11.3. The van der Waals surface area contributed by atoms with Crippen LogP contribution in [0.4, 0.5) is 4.79 Å². The first-order chi connectivity index (χ1) is 8.97. The molecule has 0 saturated carbocycles. The Hall–Kier alpha value is -1.83. The summed E-state index contributed by atoms with van der Waals surface area (Å²) in [5, 5.41) is 13.8. The van der Waals surface area contributed by atoms with Crippen molar-refractivity contribution in [2.75, 3.05) is 26.3 Å². The summed E-state index contributed by atoms with van der Waals surface area (Å²) in [6.07, 6.45) is 1.25. The van der Waals surface area contributed by atoms with Crippen LogP contribution in [0.2, 0.25) is 0 Å². The second-order valence-electron chi connectivity index (χ2n) is 3.98. The minimum atomic E-state index is -0.924. The SMILES string of the molecule is CCCC(CNC(=O)NCCOCC(N)=O)C(=O)O. The van der Waals surface area contributed by atoms with E-state index in [1.54, 1.807) is 0 Å². The quantitative estimate of drug-likeness (QED) is 0.391. The van der Waals surface area contributed by atoms with Crippen molar-refractivity contribution < 1.29 is 24.2 Å². The molecule has 5 N–H and O–H groups in total. The molecule has 0 spiro atoms. The first-order valence-electron chi connectivity index (χ1n) is 6.07. The fourth-order valence-electron chi connectivity index (χ4n) is 1.35. The molecule has 0 radical (unpaired) electrons. The van der Waals surface area contributed by atoms with Gasteiger partial charge in [-0.1, -0.05) is 13.3 Å². The Morgan fingerprint density at radius 2 is 2.00 bits per heavy atom. The number of carboxylic acid groups (broad SMARTS) is 1. The second-order valence-corrected chi connectivity index (χ2v) is 3.98.